The number of nitrogens with zero attached hydrogens (tertiary/aromatic N) is 2. The number of thiazole rings is 1. The Bertz CT molecular complexity index is 925. The van der Waals surface area contributed by atoms with Crippen LogP contribution < -0.4 is 4.74 Å². The van der Waals surface area contributed by atoms with Gasteiger partial charge in [-0.3, -0.25) is 0 Å². The summed E-state index contributed by atoms with van der Waals surface area (Å²) in [6, 6.07) is 16.7. The first-order chi connectivity index (χ1) is 12.6. The Morgan fingerprint density at radius 2 is 1.88 bits per heavy atom. The predicted molar refractivity (Wildman–Crippen MR) is 98.7 cm³/mol. The molecule has 130 valence electrons. The summed E-state index contributed by atoms with van der Waals surface area (Å²) < 4.78 is 10.5. The molecule has 0 unspecified atom stereocenters. The average Bonchev–Trinajstić information content (AvgIpc) is 3.14. The highest BCUT2D eigenvalue weighted by Gasteiger charge is 2.09. The molecular weight excluding hydrogens is 348 g/mol. The molecule has 0 saturated carbocycles. The van der Waals surface area contributed by atoms with Crippen molar-refractivity contribution < 1.29 is 14.3 Å². The third-order valence-corrected chi connectivity index (χ3v) is 4.51. The largest absolute Gasteiger partial charge is 0.482 e. The van der Waals surface area contributed by atoms with Crippen LogP contribution in [0.3, 0.4) is 0 Å². The Kier molecular flexibility index (Phi) is 5.62. The van der Waals surface area contributed by atoms with Gasteiger partial charge < -0.3 is 9.47 Å². The summed E-state index contributed by atoms with van der Waals surface area (Å²) in [5, 5.41) is 11.5. The molecular formula is C20H16N2O3S. The van der Waals surface area contributed by atoms with E-state index in [2.05, 4.69) is 4.98 Å². The number of ether oxygens (including phenoxy) is 2. The highest BCUT2D eigenvalue weighted by atomic mass is 32.1. The maximum atomic E-state index is 11.8. The van der Waals surface area contributed by atoms with E-state index in [1.807, 2.05) is 42.6 Å². The van der Waals surface area contributed by atoms with Gasteiger partial charge in [0.05, 0.1) is 17.3 Å². The lowest BCUT2D eigenvalue weighted by molar-refractivity contribution is -0.147. The highest BCUT2D eigenvalue weighted by molar-refractivity contribution is 7.13. The van der Waals surface area contributed by atoms with E-state index in [1.165, 1.54) is 16.9 Å². The smallest absolute Gasteiger partial charge is 0.344 e. The molecule has 5 nitrogen and oxygen atoms in total. The van der Waals surface area contributed by atoms with Crippen molar-refractivity contribution in [3.05, 3.63) is 70.7 Å². The first-order valence-corrected chi connectivity index (χ1v) is 8.82. The third kappa shape index (κ3) is 4.68. The normalized spacial score (nSPS) is 10.2. The number of carbonyl (C=O) groups excluding carboxylic acids is 1. The van der Waals surface area contributed by atoms with Crippen molar-refractivity contribution in [2.24, 2.45) is 0 Å². The average molecular weight is 364 g/mol. The fourth-order valence-electron chi connectivity index (χ4n) is 2.17. The maximum Gasteiger partial charge on any atom is 0.344 e. The standard InChI is InChI=1S/C20H16N2O3S/c1-14-2-6-16(7-3-14)20-22-17(13-26-20)11-25-19(23)12-24-18-8-4-15(10-21)5-9-18/h2-9,13H,11-12H2,1H3. The quantitative estimate of drug-likeness (QED) is 0.616. The summed E-state index contributed by atoms with van der Waals surface area (Å²) >= 11 is 1.51. The fourth-order valence-corrected chi connectivity index (χ4v) is 2.98. The number of esters is 1. The van der Waals surface area contributed by atoms with Crippen LogP contribution >= 0.6 is 11.3 Å². The number of hydrogen-bond donors (Lipinski definition) is 0. The summed E-state index contributed by atoms with van der Waals surface area (Å²) in [5.74, 6) is 0.0375. The maximum absolute atomic E-state index is 11.8. The lowest BCUT2D eigenvalue weighted by atomic mass is 10.2. The Balaban J connectivity index is 1.48. The van der Waals surface area contributed by atoms with Crippen LogP contribution in [-0.4, -0.2) is 17.6 Å². The molecule has 0 amide bonds. The lowest BCUT2D eigenvalue weighted by Crippen LogP contribution is -2.14. The van der Waals surface area contributed by atoms with Crippen molar-refractivity contribution in [1.82, 2.24) is 4.98 Å². The van der Waals surface area contributed by atoms with Gasteiger partial charge in [-0.05, 0) is 31.2 Å². The van der Waals surface area contributed by atoms with Crippen molar-refractivity contribution in [3.63, 3.8) is 0 Å². The van der Waals surface area contributed by atoms with Crippen LogP contribution in [0.1, 0.15) is 16.8 Å². The van der Waals surface area contributed by atoms with E-state index in [4.69, 9.17) is 14.7 Å². The minimum atomic E-state index is -0.473. The van der Waals surface area contributed by atoms with Gasteiger partial charge in [-0.15, -0.1) is 11.3 Å². The SMILES string of the molecule is Cc1ccc(-c2nc(COC(=O)COc3ccc(C#N)cc3)cs2)cc1. The summed E-state index contributed by atoms with van der Waals surface area (Å²) in [7, 11) is 0. The zero-order valence-electron chi connectivity index (χ0n) is 14.1. The second-order valence-electron chi connectivity index (χ2n) is 5.60. The van der Waals surface area contributed by atoms with Crippen molar-refractivity contribution in [2.75, 3.05) is 6.61 Å². The first kappa shape index (κ1) is 17.6. The molecule has 3 rings (SSSR count). The van der Waals surface area contributed by atoms with Crippen LogP contribution in [0, 0.1) is 18.3 Å². The van der Waals surface area contributed by atoms with Crippen molar-refractivity contribution in [3.8, 4) is 22.4 Å². The second-order valence-corrected chi connectivity index (χ2v) is 6.45. The monoisotopic (exact) mass is 364 g/mol. The molecule has 2 aromatic carbocycles. The minimum Gasteiger partial charge on any atom is -0.482 e. The number of aromatic nitrogens is 1. The van der Waals surface area contributed by atoms with Gasteiger partial charge in [-0.25, -0.2) is 9.78 Å². The molecule has 0 saturated heterocycles. The van der Waals surface area contributed by atoms with Gasteiger partial charge in [0.2, 0.25) is 0 Å². The zero-order valence-corrected chi connectivity index (χ0v) is 15.0. The molecule has 6 heteroatoms. The van der Waals surface area contributed by atoms with Crippen LogP contribution in [0.15, 0.2) is 53.9 Å². The van der Waals surface area contributed by atoms with Crippen LogP contribution in [0.2, 0.25) is 0 Å². The molecule has 0 N–H and O–H groups in total. The van der Waals surface area contributed by atoms with Gasteiger partial charge in [0.1, 0.15) is 17.4 Å². The first-order valence-electron chi connectivity index (χ1n) is 7.94. The van der Waals surface area contributed by atoms with Gasteiger partial charge in [-0.1, -0.05) is 29.8 Å². The van der Waals surface area contributed by atoms with E-state index in [0.29, 0.717) is 17.0 Å². The summed E-state index contributed by atoms with van der Waals surface area (Å²) in [4.78, 5) is 16.3. The van der Waals surface area contributed by atoms with E-state index in [0.717, 1.165) is 10.6 Å². The Hall–Kier alpha value is -3.17. The zero-order chi connectivity index (χ0) is 18.4. The molecule has 1 aromatic heterocycles. The van der Waals surface area contributed by atoms with E-state index < -0.39 is 5.97 Å². The molecule has 0 aliphatic carbocycles. The van der Waals surface area contributed by atoms with Crippen LogP contribution in [0.4, 0.5) is 0 Å². The highest BCUT2D eigenvalue weighted by Crippen LogP contribution is 2.24. The second kappa shape index (κ2) is 8.28. The molecule has 0 atom stereocenters. The van der Waals surface area contributed by atoms with E-state index in [1.54, 1.807) is 24.3 Å². The molecule has 0 bridgehead atoms. The number of aryl methyl sites for hydroxylation is 1. The minimum absolute atomic E-state index is 0.109. The molecule has 26 heavy (non-hydrogen) atoms. The number of benzene rings is 2. The van der Waals surface area contributed by atoms with Crippen LogP contribution in [0.25, 0.3) is 10.6 Å². The third-order valence-electron chi connectivity index (χ3n) is 3.57. The van der Waals surface area contributed by atoms with E-state index in [-0.39, 0.29) is 13.2 Å². The summed E-state index contributed by atoms with van der Waals surface area (Å²) in [6.07, 6.45) is 0. The Morgan fingerprint density at radius 3 is 2.58 bits per heavy atom. The van der Waals surface area contributed by atoms with Crippen molar-refractivity contribution in [1.29, 1.82) is 5.26 Å². The van der Waals surface area contributed by atoms with Crippen molar-refractivity contribution in [2.45, 2.75) is 13.5 Å². The van der Waals surface area contributed by atoms with Gasteiger partial charge in [0.15, 0.2) is 6.61 Å². The van der Waals surface area contributed by atoms with Gasteiger partial charge in [-0.2, -0.15) is 5.26 Å². The number of hydrogen-bond acceptors (Lipinski definition) is 6. The van der Waals surface area contributed by atoms with Crippen LogP contribution in [0.5, 0.6) is 5.75 Å². The molecule has 0 aliphatic rings. The van der Waals surface area contributed by atoms with Crippen LogP contribution in [-0.2, 0) is 16.1 Å². The lowest BCUT2D eigenvalue weighted by Gasteiger charge is -2.06. The molecule has 3 aromatic rings. The van der Waals surface area contributed by atoms with Gasteiger partial charge in [0, 0.05) is 10.9 Å². The van der Waals surface area contributed by atoms with E-state index >= 15 is 0 Å². The summed E-state index contributed by atoms with van der Waals surface area (Å²) in [6.45, 7) is 1.95. The van der Waals surface area contributed by atoms with Gasteiger partial charge >= 0.3 is 5.97 Å². The van der Waals surface area contributed by atoms with Gasteiger partial charge in [0.25, 0.3) is 0 Å². The number of rotatable bonds is 6. The molecule has 0 radical (unpaired) electrons. The Labute approximate surface area is 155 Å². The Morgan fingerprint density at radius 1 is 1.15 bits per heavy atom. The number of carbonyl (C=O) groups is 1. The molecule has 0 spiro atoms. The van der Waals surface area contributed by atoms with Crippen molar-refractivity contribution >= 4 is 17.3 Å². The summed E-state index contributed by atoms with van der Waals surface area (Å²) in [5.41, 5.74) is 3.48. The topological polar surface area (TPSA) is 72.2 Å². The predicted octanol–water partition coefficient (Wildman–Crippen LogP) is 4.11. The molecule has 1 heterocycles. The van der Waals surface area contributed by atoms with E-state index in [9.17, 15) is 4.79 Å². The molecule has 0 fully saturated rings. The fraction of sp³-hybridized carbons (Fsp3) is 0.150. The number of nitriles is 1. The molecule has 0 aliphatic heterocycles.